The minimum atomic E-state index is -5.08. The van der Waals surface area contributed by atoms with Gasteiger partial charge in [-0.15, -0.1) is 0 Å². The van der Waals surface area contributed by atoms with E-state index in [0.717, 1.165) is 111 Å². The Balaban J connectivity index is 0.000000853. The summed E-state index contributed by atoms with van der Waals surface area (Å²) >= 11 is 6.31. The second-order valence-electron chi connectivity index (χ2n) is 18.4. The highest BCUT2D eigenvalue weighted by atomic mass is 35.5. The summed E-state index contributed by atoms with van der Waals surface area (Å²) in [5, 5.41) is 19.4. The van der Waals surface area contributed by atoms with Gasteiger partial charge < -0.3 is 24.5 Å². The van der Waals surface area contributed by atoms with Crippen LogP contribution in [0.3, 0.4) is 0 Å². The molecule has 9 rings (SSSR count). The molecule has 16 nitrogen and oxygen atoms in total. The fraction of sp³-hybridized carbons (Fsp3) is 0.429. The first-order valence-corrected chi connectivity index (χ1v) is 23.1. The molecule has 20 heteroatoms. The van der Waals surface area contributed by atoms with Gasteiger partial charge in [0.05, 0.1) is 28.5 Å². The summed E-state index contributed by atoms with van der Waals surface area (Å²) in [4.78, 5) is 79.9. The van der Waals surface area contributed by atoms with Crippen LogP contribution in [0.4, 0.5) is 24.8 Å². The van der Waals surface area contributed by atoms with Crippen LogP contribution in [0.25, 0.3) is 0 Å². The molecule has 3 aromatic carbocycles. The molecule has 6 heterocycles. The van der Waals surface area contributed by atoms with Crippen LogP contribution in [0, 0.1) is 17.2 Å². The maximum absolute atomic E-state index is 13.4. The topological polar surface area (TPSA) is 193 Å². The van der Waals surface area contributed by atoms with Crippen LogP contribution in [-0.4, -0.2) is 137 Å². The van der Waals surface area contributed by atoms with Gasteiger partial charge in [0, 0.05) is 87.1 Å². The summed E-state index contributed by atoms with van der Waals surface area (Å²) in [7, 11) is 0. The lowest BCUT2D eigenvalue weighted by Crippen LogP contribution is -2.54. The molecule has 1 aromatic heterocycles. The molecule has 0 radical (unpaired) electrons. The Kier molecular flexibility index (Phi) is 14.3. The van der Waals surface area contributed by atoms with Gasteiger partial charge in [-0.25, -0.2) is 14.8 Å². The first-order valence-electron chi connectivity index (χ1n) is 22.8. The number of ether oxygens (including phenoxy) is 1. The number of carbonyl (C=O) groups is 5. The van der Waals surface area contributed by atoms with E-state index in [1.165, 1.54) is 0 Å². The number of imide groups is 2. The van der Waals surface area contributed by atoms with E-state index in [9.17, 15) is 37.6 Å². The van der Waals surface area contributed by atoms with E-state index in [2.05, 4.69) is 61.9 Å². The second-order valence-corrected chi connectivity index (χ2v) is 18.9. The average molecular weight is 970 g/mol. The normalized spacial score (nSPS) is 21.2. The molecular formula is C49H51ClF3N9O7. The Morgan fingerprint density at radius 3 is 2.29 bits per heavy atom. The van der Waals surface area contributed by atoms with Gasteiger partial charge in [-0.2, -0.15) is 18.4 Å². The number of aliphatic carboxylic acids is 1. The molecule has 5 aliphatic rings. The van der Waals surface area contributed by atoms with Gasteiger partial charge in [0.1, 0.15) is 18.4 Å². The number of carbonyl (C=O) groups excluding carboxylic acids is 4. The number of nitriles is 1. The SMILES string of the molecule is CC(C)(c1ccc(OCc2ccnc(N3CCN(C4CCN(CC5CCN(c6ccc7c(c6)C(=O)N(C6CCC(=O)NC6=O)C7=O)C5)C4)CC3)n2)cc1)c1cc(Cl)cc(C#N)c1.O=C(O)C(F)(F)F. The van der Waals surface area contributed by atoms with Gasteiger partial charge in [0.25, 0.3) is 11.8 Å². The molecular weight excluding hydrogens is 919 g/mol. The molecule has 69 heavy (non-hydrogen) atoms. The van der Waals surface area contributed by atoms with Crippen LogP contribution in [0.2, 0.25) is 5.02 Å². The molecule has 4 aromatic rings. The van der Waals surface area contributed by atoms with Crippen LogP contribution in [0.15, 0.2) is 72.9 Å². The summed E-state index contributed by atoms with van der Waals surface area (Å²) in [6, 6.07) is 22.5. The largest absolute Gasteiger partial charge is 0.490 e. The highest BCUT2D eigenvalue weighted by molar-refractivity contribution is 6.30. The number of anilines is 2. The van der Waals surface area contributed by atoms with E-state index < -0.39 is 35.9 Å². The number of amides is 4. The summed E-state index contributed by atoms with van der Waals surface area (Å²) < 4.78 is 37.9. The average Bonchev–Trinajstić information content (AvgIpc) is 4.07. The minimum Gasteiger partial charge on any atom is -0.487 e. The monoisotopic (exact) mass is 969 g/mol. The first-order chi connectivity index (χ1) is 32.9. The van der Waals surface area contributed by atoms with Crippen molar-refractivity contribution in [2.75, 3.05) is 68.7 Å². The number of piperidine rings is 1. The number of piperazine rings is 1. The summed E-state index contributed by atoms with van der Waals surface area (Å²) in [5.41, 5.74) is 4.61. The molecule has 0 saturated carbocycles. The first kappa shape index (κ1) is 48.8. The predicted molar refractivity (Wildman–Crippen MR) is 247 cm³/mol. The zero-order chi connectivity index (χ0) is 49.2. The fourth-order valence-corrected chi connectivity index (χ4v) is 9.96. The lowest BCUT2D eigenvalue weighted by atomic mass is 9.78. The van der Waals surface area contributed by atoms with Gasteiger partial charge >= 0.3 is 12.1 Å². The number of benzene rings is 3. The number of nitrogens with zero attached hydrogens (tertiary/aromatic N) is 8. The van der Waals surface area contributed by atoms with Crippen LogP contribution < -0.4 is 19.9 Å². The number of likely N-dealkylation sites (tertiary alicyclic amines) is 1. The standard InChI is InChI=1S/C47H50ClN9O5.C2HF3O2/c1-47(2,33-21-31(25-49)22-34(48)23-33)32-3-6-38(7-4-32)62-29-35-11-14-50-46(51-35)55-19-17-54(18-20-55)37-13-15-53(28-37)26-30-12-16-56(27-30)36-5-8-39-40(24-36)45(61)57(44(39)60)41-9-10-42(58)52-43(41)59;3-2(4,5)1(6)7/h3-8,11,14,21-24,30,37,41H,9-10,12-13,15-20,26-29H2,1-2H3,(H,52,58,59);(H,6,7). The Labute approximate surface area is 401 Å². The van der Waals surface area contributed by atoms with Gasteiger partial charge in [0.2, 0.25) is 17.8 Å². The number of hydrogen-bond donors (Lipinski definition) is 2. The molecule has 4 saturated heterocycles. The third kappa shape index (κ3) is 11.0. The van der Waals surface area contributed by atoms with Crippen LogP contribution in [0.5, 0.6) is 5.75 Å². The number of carboxylic acids is 1. The van der Waals surface area contributed by atoms with Gasteiger partial charge in [-0.1, -0.05) is 37.6 Å². The van der Waals surface area contributed by atoms with Gasteiger partial charge in [-0.3, -0.25) is 34.3 Å². The molecule has 2 N–H and O–H groups in total. The quantitative estimate of drug-likeness (QED) is 0.175. The number of halogens is 4. The van der Waals surface area contributed by atoms with Crippen molar-refractivity contribution >= 4 is 52.8 Å². The van der Waals surface area contributed by atoms with Crippen molar-refractivity contribution in [3.8, 4) is 11.8 Å². The smallest absolute Gasteiger partial charge is 0.487 e. The maximum Gasteiger partial charge on any atom is 0.490 e. The van der Waals surface area contributed by atoms with Gasteiger partial charge in [0.15, 0.2) is 0 Å². The zero-order valence-corrected chi connectivity index (χ0v) is 38.8. The lowest BCUT2D eigenvalue weighted by Gasteiger charge is -2.38. The van der Waals surface area contributed by atoms with E-state index in [4.69, 9.17) is 31.2 Å². The van der Waals surface area contributed by atoms with Crippen molar-refractivity contribution in [2.45, 2.75) is 69.8 Å². The molecule has 362 valence electrons. The summed E-state index contributed by atoms with van der Waals surface area (Å²) in [6.45, 7) is 13.1. The van der Waals surface area contributed by atoms with Crippen LogP contribution >= 0.6 is 11.6 Å². The molecule has 3 unspecified atom stereocenters. The predicted octanol–water partition coefficient (Wildman–Crippen LogP) is 5.66. The Hall–Kier alpha value is -6.62. The Bertz CT molecular complexity index is 2670. The van der Waals surface area contributed by atoms with E-state index in [1.807, 2.05) is 36.4 Å². The number of alkyl halides is 3. The number of carboxylic acid groups (broad SMARTS) is 1. The third-order valence-corrected chi connectivity index (χ3v) is 13.8. The number of rotatable bonds is 11. The highest BCUT2D eigenvalue weighted by Crippen LogP contribution is 2.36. The highest BCUT2D eigenvalue weighted by Gasteiger charge is 2.45. The Morgan fingerprint density at radius 2 is 1.59 bits per heavy atom. The summed E-state index contributed by atoms with van der Waals surface area (Å²) in [6.07, 6.45) is -0.840. The molecule has 0 spiro atoms. The maximum atomic E-state index is 13.4. The van der Waals surface area contributed by atoms with Crippen molar-refractivity contribution in [1.29, 1.82) is 5.26 Å². The minimum absolute atomic E-state index is 0.0973. The Morgan fingerprint density at radius 1 is 0.870 bits per heavy atom. The van der Waals surface area contributed by atoms with Crippen LogP contribution in [0.1, 0.15) is 82.6 Å². The molecule has 3 atom stereocenters. The second kappa shape index (κ2) is 20.2. The van der Waals surface area contributed by atoms with E-state index in [0.29, 0.717) is 40.3 Å². The zero-order valence-electron chi connectivity index (χ0n) is 38.0. The number of hydrogen-bond acceptors (Lipinski definition) is 13. The lowest BCUT2D eigenvalue weighted by molar-refractivity contribution is -0.192. The van der Waals surface area contributed by atoms with Crippen molar-refractivity contribution < 1.29 is 47.0 Å². The molecule has 4 fully saturated rings. The van der Waals surface area contributed by atoms with Gasteiger partial charge in [-0.05, 0) is 97.4 Å². The number of aromatic nitrogens is 2. The fourth-order valence-electron chi connectivity index (χ4n) is 9.72. The van der Waals surface area contributed by atoms with Crippen molar-refractivity contribution in [2.24, 2.45) is 5.92 Å². The third-order valence-electron chi connectivity index (χ3n) is 13.6. The van der Waals surface area contributed by atoms with E-state index in [1.54, 1.807) is 24.4 Å². The number of nitrogens with one attached hydrogen (secondary N) is 1. The molecule has 5 aliphatic heterocycles. The molecule has 4 amide bonds. The molecule has 0 bridgehead atoms. The van der Waals surface area contributed by atoms with Crippen molar-refractivity contribution in [1.82, 2.24) is 30.0 Å². The van der Waals surface area contributed by atoms with E-state index in [-0.39, 0.29) is 24.2 Å². The summed E-state index contributed by atoms with van der Waals surface area (Å²) in [5.74, 6) is -2.72. The van der Waals surface area contributed by atoms with Crippen molar-refractivity contribution in [3.63, 3.8) is 0 Å². The van der Waals surface area contributed by atoms with Crippen LogP contribution in [-0.2, 0) is 26.4 Å². The van der Waals surface area contributed by atoms with Crippen molar-refractivity contribution in [3.05, 3.63) is 111 Å². The number of fused-ring (bicyclic) bond motifs is 1. The van der Waals surface area contributed by atoms with E-state index >= 15 is 0 Å². The molecule has 0 aliphatic carbocycles.